The van der Waals surface area contributed by atoms with Crippen LogP contribution in [0.25, 0.3) is 0 Å². The molecular formula is C13H13O4P. The van der Waals surface area contributed by atoms with Gasteiger partial charge in [-0.2, -0.15) is 0 Å². The highest BCUT2D eigenvalue weighted by molar-refractivity contribution is 7.66. The van der Waals surface area contributed by atoms with E-state index >= 15 is 0 Å². The van der Waals surface area contributed by atoms with Crippen LogP contribution in [-0.4, -0.2) is 16.9 Å². The standard InChI is InChI=1S/C13H13O4P/c1-18(16,13-8-4-11(15)5-9-13)17-12-6-2-10(14)3-7-12/h2-9,14-15H,1H3. The lowest BCUT2D eigenvalue weighted by atomic mass is 10.3. The van der Waals surface area contributed by atoms with Crippen molar-refractivity contribution in [3.05, 3.63) is 48.5 Å². The molecule has 0 aliphatic heterocycles. The summed E-state index contributed by atoms with van der Waals surface area (Å²) in [5.41, 5.74) is 0. The van der Waals surface area contributed by atoms with E-state index in [1.807, 2.05) is 0 Å². The molecule has 94 valence electrons. The van der Waals surface area contributed by atoms with Gasteiger partial charge in [0.2, 0.25) is 0 Å². The predicted molar refractivity (Wildman–Crippen MR) is 70.0 cm³/mol. The van der Waals surface area contributed by atoms with Crippen LogP contribution in [0.1, 0.15) is 0 Å². The molecule has 4 nitrogen and oxygen atoms in total. The first-order valence-electron chi connectivity index (χ1n) is 5.33. The Morgan fingerprint density at radius 1 is 0.889 bits per heavy atom. The molecule has 0 saturated heterocycles. The summed E-state index contributed by atoms with van der Waals surface area (Å²) in [6.07, 6.45) is 0. The van der Waals surface area contributed by atoms with Gasteiger partial charge in [-0.15, -0.1) is 0 Å². The molecule has 2 aromatic carbocycles. The summed E-state index contributed by atoms with van der Waals surface area (Å²) in [7, 11) is -2.99. The molecule has 0 aliphatic carbocycles. The molecule has 1 atom stereocenters. The summed E-state index contributed by atoms with van der Waals surface area (Å²) in [5, 5.41) is 18.9. The van der Waals surface area contributed by atoms with Crippen LogP contribution in [-0.2, 0) is 4.57 Å². The van der Waals surface area contributed by atoms with E-state index in [1.54, 1.807) is 24.3 Å². The molecule has 2 rings (SSSR count). The number of aromatic hydroxyl groups is 2. The smallest absolute Gasteiger partial charge is 0.274 e. The molecule has 5 heteroatoms. The average Bonchev–Trinajstić information content (AvgIpc) is 2.32. The third-order valence-corrected chi connectivity index (χ3v) is 4.23. The molecule has 0 aromatic heterocycles. The molecule has 0 spiro atoms. The largest absolute Gasteiger partial charge is 0.508 e. The second-order valence-electron chi connectivity index (χ2n) is 3.95. The minimum Gasteiger partial charge on any atom is -0.508 e. The monoisotopic (exact) mass is 264 g/mol. The summed E-state index contributed by atoms with van der Waals surface area (Å²) in [6, 6.07) is 12.1. The van der Waals surface area contributed by atoms with Gasteiger partial charge in [0.05, 0.1) is 0 Å². The highest BCUT2D eigenvalue weighted by Gasteiger charge is 2.20. The fraction of sp³-hybridized carbons (Fsp3) is 0.0769. The Morgan fingerprint density at radius 3 is 1.83 bits per heavy atom. The highest BCUT2D eigenvalue weighted by atomic mass is 31.2. The lowest BCUT2D eigenvalue weighted by molar-refractivity contribution is 0.471. The van der Waals surface area contributed by atoms with E-state index in [0.717, 1.165) is 0 Å². The summed E-state index contributed by atoms with van der Waals surface area (Å²) >= 11 is 0. The van der Waals surface area contributed by atoms with Gasteiger partial charge < -0.3 is 14.7 Å². The fourth-order valence-electron chi connectivity index (χ4n) is 1.48. The maximum Gasteiger partial charge on any atom is 0.274 e. The first-order chi connectivity index (χ1) is 8.47. The normalized spacial score (nSPS) is 13.8. The van der Waals surface area contributed by atoms with Crippen LogP contribution in [0.2, 0.25) is 0 Å². The van der Waals surface area contributed by atoms with Crippen molar-refractivity contribution in [2.75, 3.05) is 6.66 Å². The quantitative estimate of drug-likeness (QED) is 0.836. The zero-order chi connectivity index (χ0) is 13.2. The average molecular weight is 264 g/mol. The van der Waals surface area contributed by atoms with Gasteiger partial charge in [-0.05, 0) is 48.5 Å². The van der Waals surface area contributed by atoms with Crippen LogP contribution in [0.5, 0.6) is 17.2 Å². The van der Waals surface area contributed by atoms with Crippen LogP contribution >= 0.6 is 7.37 Å². The Bertz CT molecular complexity index is 575. The summed E-state index contributed by atoms with van der Waals surface area (Å²) in [4.78, 5) is 0. The van der Waals surface area contributed by atoms with Gasteiger partial charge in [0.25, 0.3) is 7.37 Å². The molecule has 0 amide bonds. The van der Waals surface area contributed by atoms with Gasteiger partial charge in [0.15, 0.2) is 0 Å². The van der Waals surface area contributed by atoms with Crippen LogP contribution in [0, 0.1) is 0 Å². The second kappa shape index (κ2) is 4.75. The van der Waals surface area contributed by atoms with Crippen LogP contribution in [0.4, 0.5) is 0 Å². The number of hydrogen-bond donors (Lipinski definition) is 2. The van der Waals surface area contributed by atoms with E-state index in [2.05, 4.69) is 0 Å². The van der Waals surface area contributed by atoms with Crippen LogP contribution in [0.15, 0.2) is 48.5 Å². The minimum atomic E-state index is -2.99. The molecule has 2 N–H and O–H groups in total. The van der Waals surface area contributed by atoms with Gasteiger partial charge in [-0.1, -0.05) is 0 Å². The zero-order valence-electron chi connectivity index (χ0n) is 9.78. The SMILES string of the molecule is CP(=O)(Oc1ccc(O)cc1)c1ccc(O)cc1. The third-order valence-electron chi connectivity index (χ3n) is 2.44. The Balaban J connectivity index is 2.24. The maximum absolute atomic E-state index is 12.4. The van der Waals surface area contributed by atoms with Crippen molar-refractivity contribution in [3.63, 3.8) is 0 Å². The first-order valence-corrected chi connectivity index (χ1v) is 7.40. The summed E-state index contributed by atoms with van der Waals surface area (Å²) in [6.45, 7) is 1.51. The molecule has 0 aliphatic rings. The number of phenols is 2. The van der Waals surface area contributed by atoms with E-state index in [9.17, 15) is 9.67 Å². The fourth-order valence-corrected chi connectivity index (χ4v) is 2.80. The summed E-state index contributed by atoms with van der Waals surface area (Å²) < 4.78 is 17.9. The van der Waals surface area contributed by atoms with Crippen molar-refractivity contribution < 1.29 is 19.3 Å². The number of benzene rings is 2. The van der Waals surface area contributed by atoms with Crippen molar-refractivity contribution in [3.8, 4) is 17.2 Å². The molecule has 1 unspecified atom stereocenters. The number of rotatable bonds is 3. The molecule has 0 fully saturated rings. The molecule has 0 heterocycles. The van der Waals surface area contributed by atoms with Crippen LogP contribution < -0.4 is 9.83 Å². The molecule has 0 saturated carbocycles. The molecule has 0 radical (unpaired) electrons. The van der Waals surface area contributed by atoms with E-state index in [-0.39, 0.29) is 11.5 Å². The van der Waals surface area contributed by atoms with Gasteiger partial charge >= 0.3 is 0 Å². The predicted octanol–water partition coefficient (Wildman–Crippen LogP) is 2.71. The Hall–Kier alpha value is -1.93. The Morgan fingerprint density at radius 2 is 1.33 bits per heavy atom. The molecular weight excluding hydrogens is 251 g/mol. The Kier molecular flexibility index (Phi) is 3.30. The third kappa shape index (κ3) is 2.84. The van der Waals surface area contributed by atoms with Crippen molar-refractivity contribution in [1.82, 2.24) is 0 Å². The van der Waals surface area contributed by atoms with Crippen molar-refractivity contribution in [1.29, 1.82) is 0 Å². The van der Waals surface area contributed by atoms with Crippen molar-refractivity contribution in [2.24, 2.45) is 0 Å². The van der Waals surface area contributed by atoms with E-state index in [1.165, 1.54) is 30.9 Å². The first kappa shape index (κ1) is 12.5. The second-order valence-corrected chi connectivity index (χ2v) is 6.34. The van der Waals surface area contributed by atoms with Crippen LogP contribution in [0.3, 0.4) is 0 Å². The number of hydrogen-bond acceptors (Lipinski definition) is 4. The van der Waals surface area contributed by atoms with Crippen molar-refractivity contribution >= 4 is 12.7 Å². The molecule has 18 heavy (non-hydrogen) atoms. The van der Waals surface area contributed by atoms with Gasteiger partial charge in [0.1, 0.15) is 17.2 Å². The minimum absolute atomic E-state index is 0.114. The van der Waals surface area contributed by atoms with Gasteiger partial charge in [0, 0.05) is 12.0 Å². The van der Waals surface area contributed by atoms with Gasteiger partial charge in [-0.25, -0.2) is 0 Å². The van der Waals surface area contributed by atoms with Gasteiger partial charge in [-0.3, -0.25) is 4.57 Å². The Labute approximate surface area is 105 Å². The molecule has 0 bridgehead atoms. The lowest BCUT2D eigenvalue weighted by Crippen LogP contribution is -2.07. The van der Waals surface area contributed by atoms with Crippen molar-refractivity contribution in [2.45, 2.75) is 0 Å². The highest BCUT2D eigenvalue weighted by Crippen LogP contribution is 2.42. The number of phenolic OH excluding ortho intramolecular Hbond substituents is 2. The molecule has 2 aromatic rings. The zero-order valence-corrected chi connectivity index (χ0v) is 10.7. The van der Waals surface area contributed by atoms with E-state index in [4.69, 9.17) is 9.63 Å². The lowest BCUT2D eigenvalue weighted by Gasteiger charge is -2.15. The summed E-state index contributed by atoms with van der Waals surface area (Å²) in [5.74, 6) is 0.660. The van der Waals surface area contributed by atoms with E-state index in [0.29, 0.717) is 11.1 Å². The topological polar surface area (TPSA) is 66.8 Å². The van der Waals surface area contributed by atoms with E-state index < -0.39 is 7.37 Å². The maximum atomic E-state index is 12.4.